The third-order valence-corrected chi connectivity index (χ3v) is 5.27. The number of carbonyl (C=O) groups excluding carboxylic acids is 2. The topological polar surface area (TPSA) is 110 Å². The number of para-hydroxylation sites is 4. The molecular formula is C24H14N2O6. The molecule has 8 nitrogen and oxygen atoms in total. The van der Waals surface area contributed by atoms with Gasteiger partial charge in [-0.1, -0.05) is 36.4 Å². The van der Waals surface area contributed by atoms with E-state index in [2.05, 4.69) is 0 Å². The first-order valence-electron chi connectivity index (χ1n) is 9.61. The van der Waals surface area contributed by atoms with Gasteiger partial charge < -0.3 is 9.84 Å². The number of ether oxygens (including phenoxy) is 1. The molecule has 0 aromatic heterocycles. The number of aromatic hydroxyl groups is 1. The molecular weight excluding hydrogens is 412 g/mol. The van der Waals surface area contributed by atoms with E-state index in [1.54, 1.807) is 36.4 Å². The lowest BCUT2D eigenvalue weighted by Gasteiger charge is -2.28. The van der Waals surface area contributed by atoms with Crippen LogP contribution >= 0.6 is 0 Å². The molecule has 0 spiro atoms. The van der Waals surface area contributed by atoms with Gasteiger partial charge in [0.2, 0.25) is 5.75 Å². The minimum Gasteiger partial charge on any atom is -0.506 e. The van der Waals surface area contributed by atoms with Gasteiger partial charge in [0, 0.05) is 28.0 Å². The van der Waals surface area contributed by atoms with Crippen LogP contribution in [0.5, 0.6) is 17.2 Å². The third kappa shape index (κ3) is 2.85. The van der Waals surface area contributed by atoms with Crippen molar-refractivity contribution in [2.45, 2.75) is 0 Å². The minimum atomic E-state index is -0.586. The number of hydrogen-bond acceptors (Lipinski definition) is 6. The summed E-state index contributed by atoms with van der Waals surface area (Å²) in [6, 6.07) is 20.0. The molecule has 4 aromatic carbocycles. The van der Waals surface area contributed by atoms with Crippen LogP contribution < -0.4 is 9.64 Å². The van der Waals surface area contributed by atoms with Gasteiger partial charge in [0.05, 0.1) is 10.6 Å². The number of hydrogen-bond donors (Lipinski definition) is 1. The Labute approximate surface area is 181 Å². The van der Waals surface area contributed by atoms with Crippen LogP contribution in [-0.4, -0.2) is 21.8 Å². The van der Waals surface area contributed by atoms with E-state index in [0.717, 1.165) is 4.90 Å². The van der Waals surface area contributed by atoms with Crippen molar-refractivity contribution in [1.82, 2.24) is 0 Å². The van der Waals surface area contributed by atoms with E-state index < -0.39 is 16.7 Å². The van der Waals surface area contributed by atoms with Gasteiger partial charge in [-0.15, -0.1) is 0 Å². The summed E-state index contributed by atoms with van der Waals surface area (Å²) in [6.45, 7) is 0. The van der Waals surface area contributed by atoms with Crippen LogP contribution in [0, 0.1) is 10.1 Å². The summed E-state index contributed by atoms with van der Waals surface area (Å²) in [7, 11) is 0. The zero-order chi connectivity index (χ0) is 22.4. The molecule has 32 heavy (non-hydrogen) atoms. The fourth-order valence-corrected chi connectivity index (χ4v) is 3.84. The van der Waals surface area contributed by atoms with E-state index in [4.69, 9.17) is 4.74 Å². The summed E-state index contributed by atoms with van der Waals surface area (Å²) in [6.07, 6.45) is 0. The number of imide groups is 1. The molecule has 0 radical (unpaired) electrons. The van der Waals surface area contributed by atoms with Crippen molar-refractivity contribution in [2.24, 2.45) is 0 Å². The highest BCUT2D eigenvalue weighted by Crippen LogP contribution is 2.41. The molecule has 2 amide bonds. The van der Waals surface area contributed by atoms with Crippen molar-refractivity contribution in [3.63, 3.8) is 0 Å². The van der Waals surface area contributed by atoms with Gasteiger partial charge in [-0.2, -0.15) is 0 Å². The van der Waals surface area contributed by atoms with Crippen molar-refractivity contribution in [2.75, 3.05) is 4.90 Å². The predicted octanol–water partition coefficient (Wildman–Crippen LogP) is 5.05. The smallest absolute Gasteiger partial charge is 0.311 e. The Kier molecular flexibility index (Phi) is 4.34. The van der Waals surface area contributed by atoms with E-state index >= 15 is 0 Å². The summed E-state index contributed by atoms with van der Waals surface area (Å²) < 4.78 is 5.85. The van der Waals surface area contributed by atoms with Crippen molar-refractivity contribution in [1.29, 1.82) is 0 Å². The molecule has 156 valence electrons. The normalized spacial score (nSPS) is 12.8. The van der Waals surface area contributed by atoms with Crippen molar-refractivity contribution in [3.05, 3.63) is 100 Å². The number of phenolic OH excluding ortho intramolecular Hbond substituents is 1. The largest absolute Gasteiger partial charge is 0.506 e. The molecule has 8 heteroatoms. The first kappa shape index (κ1) is 19.3. The first-order valence-corrected chi connectivity index (χ1v) is 9.61. The Bertz CT molecular complexity index is 1420. The van der Waals surface area contributed by atoms with E-state index in [1.807, 2.05) is 0 Å². The first-order chi connectivity index (χ1) is 15.5. The van der Waals surface area contributed by atoms with Crippen LogP contribution in [0.15, 0.2) is 78.9 Å². The molecule has 1 N–H and O–H groups in total. The average molecular weight is 426 g/mol. The Balaban J connectivity index is 1.67. The Hall–Kier alpha value is -4.72. The summed E-state index contributed by atoms with van der Waals surface area (Å²) in [5, 5.41) is 22.4. The number of phenols is 1. The minimum absolute atomic E-state index is 0.0440. The third-order valence-electron chi connectivity index (χ3n) is 5.27. The Morgan fingerprint density at radius 2 is 1.47 bits per heavy atom. The van der Waals surface area contributed by atoms with Gasteiger partial charge in [0.1, 0.15) is 11.5 Å². The maximum absolute atomic E-state index is 13.2. The zero-order valence-corrected chi connectivity index (χ0v) is 16.4. The highest BCUT2D eigenvalue weighted by atomic mass is 16.6. The van der Waals surface area contributed by atoms with Gasteiger partial charge in [0.15, 0.2) is 0 Å². The molecule has 1 heterocycles. The SMILES string of the molecule is O=C1c2cccc3c(Oc4ccccc4[N+](=O)[O-])ccc(c23)C(=O)N1c1ccccc1O. The summed E-state index contributed by atoms with van der Waals surface area (Å²) in [5.41, 5.74) is 0.401. The highest BCUT2D eigenvalue weighted by Gasteiger charge is 2.35. The van der Waals surface area contributed by atoms with E-state index in [9.17, 15) is 24.8 Å². The maximum Gasteiger partial charge on any atom is 0.311 e. The maximum atomic E-state index is 13.2. The second-order valence-electron chi connectivity index (χ2n) is 7.10. The summed E-state index contributed by atoms with van der Waals surface area (Å²) in [4.78, 5) is 38.2. The number of benzene rings is 4. The number of anilines is 1. The number of rotatable bonds is 4. The quantitative estimate of drug-likeness (QED) is 0.278. The zero-order valence-electron chi connectivity index (χ0n) is 16.4. The van der Waals surface area contributed by atoms with Gasteiger partial charge >= 0.3 is 5.69 Å². The molecule has 5 rings (SSSR count). The molecule has 4 aromatic rings. The fourth-order valence-electron chi connectivity index (χ4n) is 3.84. The lowest BCUT2D eigenvalue weighted by atomic mass is 9.93. The second kappa shape index (κ2) is 7.21. The van der Waals surface area contributed by atoms with Crippen LogP contribution in [0.1, 0.15) is 20.7 Å². The number of nitro benzene ring substituents is 1. The molecule has 0 aliphatic carbocycles. The lowest BCUT2D eigenvalue weighted by Crippen LogP contribution is -2.40. The Morgan fingerprint density at radius 3 is 2.22 bits per heavy atom. The highest BCUT2D eigenvalue weighted by molar-refractivity contribution is 6.36. The van der Waals surface area contributed by atoms with Crippen molar-refractivity contribution in [3.8, 4) is 17.2 Å². The number of nitro groups is 1. The van der Waals surface area contributed by atoms with Crippen molar-refractivity contribution < 1.29 is 24.4 Å². The average Bonchev–Trinajstić information content (AvgIpc) is 2.79. The van der Waals surface area contributed by atoms with Crippen LogP contribution in [0.2, 0.25) is 0 Å². The summed E-state index contributed by atoms with van der Waals surface area (Å²) >= 11 is 0. The summed E-state index contributed by atoms with van der Waals surface area (Å²) in [5.74, 6) is -1.05. The van der Waals surface area contributed by atoms with Crippen molar-refractivity contribution >= 4 is 34.0 Å². The van der Waals surface area contributed by atoms with E-state index in [-0.39, 0.29) is 39.8 Å². The number of carbonyl (C=O) groups is 2. The van der Waals surface area contributed by atoms with Crippen LogP contribution in [0.3, 0.4) is 0 Å². The molecule has 0 fully saturated rings. The van der Waals surface area contributed by atoms with Crippen LogP contribution in [-0.2, 0) is 0 Å². The number of amides is 2. The standard InChI is InChI=1S/C24H14N2O6/c27-19-10-3-1-8-17(19)25-23(28)15-7-5-6-14-20(13-12-16(22(14)15)24(25)29)32-21-11-4-2-9-18(21)26(30)31/h1-13,27H. The Morgan fingerprint density at radius 1 is 0.781 bits per heavy atom. The molecule has 0 atom stereocenters. The predicted molar refractivity (Wildman–Crippen MR) is 116 cm³/mol. The molecule has 0 saturated heterocycles. The molecule has 0 saturated carbocycles. The lowest BCUT2D eigenvalue weighted by molar-refractivity contribution is -0.385. The van der Waals surface area contributed by atoms with E-state index in [1.165, 1.54) is 42.5 Å². The molecule has 1 aliphatic rings. The molecule has 0 bridgehead atoms. The van der Waals surface area contributed by atoms with Crippen LogP contribution in [0.4, 0.5) is 11.4 Å². The van der Waals surface area contributed by atoms with Gasteiger partial charge in [-0.05, 0) is 36.4 Å². The number of nitrogens with zero attached hydrogens (tertiary/aromatic N) is 2. The van der Waals surface area contributed by atoms with Gasteiger partial charge in [-0.25, -0.2) is 4.90 Å². The van der Waals surface area contributed by atoms with Gasteiger partial charge in [-0.3, -0.25) is 19.7 Å². The van der Waals surface area contributed by atoms with Crippen LogP contribution in [0.25, 0.3) is 10.8 Å². The monoisotopic (exact) mass is 426 g/mol. The van der Waals surface area contributed by atoms with E-state index in [0.29, 0.717) is 10.8 Å². The molecule has 1 aliphatic heterocycles. The fraction of sp³-hybridized carbons (Fsp3) is 0. The second-order valence-corrected chi connectivity index (χ2v) is 7.10. The van der Waals surface area contributed by atoms with Gasteiger partial charge in [0.25, 0.3) is 11.8 Å². The molecule has 0 unspecified atom stereocenters.